The summed E-state index contributed by atoms with van der Waals surface area (Å²) in [6.45, 7) is 1.62. The Kier molecular flexibility index (Phi) is 4.10. The number of aromatic nitrogens is 2. The number of hydrogen-bond acceptors (Lipinski definition) is 3. The first-order chi connectivity index (χ1) is 11.1. The number of imidazole rings is 1. The molecular formula is C18H17N3O2. The largest absolute Gasteiger partial charge is 0.481 e. The van der Waals surface area contributed by atoms with Crippen LogP contribution in [0.5, 0.6) is 5.75 Å². The van der Waals surface area contributed by atoms with Crippen molar-refractivity contribution in [1.82, 2.24) is 9.55 Å². The van der Waals surface area contributed by atoms with Crippen LogP contribution in [-0.4, -0.2) is 21.6 Å². The van der Waals surface area contributed by atoms with Crippen LogP contribution in [0.1, 0.15) is 6.92 Å². The second-order valence-corrected chi connectivity index (χ2v) is 5.19. The minimum Gasteiger partial charge on any atom is -0.481 e. The van der Waals surface area contributed by atoms with Crippen molar-refractivity contribution in [2.45, 2.75) is 13.0 Å². The van der Waals surface area contributed by atoms with E-state index in [1.807, 2.05) is 53.2 Å². The molecule has 2 N–H and O–H groups in total. The Hall–Kier alpha value is -3.08. The molecule has 1 atom stereocenters. The number of ether oxygens (including phenoxy) is 1. The molecule has 0 aliphatic carbocycles. The van der Waals surface area contributed by atoms with E-state index in [1.54, 1.807) is 25.4 Å². The molecule has 2 aromatic carbocycles. The second-order valence-electron chi connectivity index (χ2n) is 5.19. The molecule has 116 valence electrons. The predicted molar refractivity (Wildman–Crippen MR) is 88.3 cm³/mol. The van der Waals surface area contributed by atoms with E-state index in [-0.39, 0.29) is 0 Å². The Bertz CT molecular complexity index is 795. The summed E-state index contributed by atoms with van der Waals surface area (Å²) in [7, 11) is 0. The third kappa shape index (κ3) is 3.40. The lowest BCUT2D eigenvalue weighted by molar-refractivity contribution is -0.123. The standard InChI is InChI=1S/C18H17N3O2/c1-13(18(19)22)23-16-9-7-15(8-10-16)21-11-17(20-12-21)14-5-3-2-4-6-14/h2-13H,1H3,(H2,19,22)/t13-/m1/s1. The van der Waals surface area contributed by atoms with E-state index in [2.05, 4.69) is 4.98 Å². The zero-order valence-corrected chi connectivity index (χ0v) is 12.7. The molecule has 0 fully saturated rings. The number of benzene rings is 2. The zero-order valence-electron chi connectivity index (χ0n) is 12.7. The summed E-state index contributed by atoms with van der Waals surface area (Å²) in [4.78, 5) is 15.4. The van der Waals surface area contributed by atoms with Crippen molar-refractivity contribution in [2.75, 3.05) is 0 Å². The Morgan fingerprint density at radius 3 is 2.48 bits per heavy atom. The molecule has 0 aliphatic rings. The highest BCUT2D eigenvalue weighted by atomic mass is 16.5. The van der Waals surface area contributed by atoms with E-state index < -0.39 is 12.0 Å². The van der Waals surface area contributed by atoms with E-state index >= 15 is 0 Å². The van der Waals surface area contributed by atoms with Gasteiger partial charge in [-0.1, -0.05) is 30.3 Å². The summed E-state index contributed by atoms with van der Waals surface area (Å²) in [6, 6.07) is 17.4. The van der Waals surface area contributed by atoms with Crippen LogP contribution >= 0.6 is 0 Å². The monoisotopic (exact) mass is 307 g/mol. The third-order valence-corrected chi connectivity index (χ3v) is 3.50. The van der Waals surface area contributed by atoms with Crippen molar-refractivity contribution in [3.05, 3.63) is 67.1 Å². The molecule has 1 aromatic heterocycles. The van der Waals surface area contributed by atoms with E-state index in [9.17, 15) is 4.79 Å². The Balaban J connectivity index is 1.78. The van der Waals surface area contributed by atoms with Crippen molar-refractivity contribution in [2.24, 2.45) is 5.73 Å². The lowest BCUT2D eigenvalue weighted by atomic mass is 10.2. The molecular weight excluding hydrogens is 290 g/mol. The number of nitrogens with two attached hydrogens (primary N) is 1. The molecule has 0 saturated heterocycles. The quantitative estimate of drug-likeness (QED) is 0.788. The average Bonchev–Trinajstić information content (AvgIpc) is 3.06. The van der Waals surface area contributed by atoms with E-state index in [1.165, 1.54) is 0 Å². The highest BCUT2D eigenvalue weighted by Crippen LogP contribution is 2.20. The van der Waals surface area contributed by atoms with E-state index in [0.29, 0.717) is 5.75 Å². The molecule has 3 rings (SSSR count). The number of carbonyl (C=O) groups is 1. The van der Waals surface area contributed by atoms with Crippen LogP contribution in [0.4, 0.5) is 0 Å². The van der Waals surface area contributed by atoms with Gasteiger partial charge in [-0.05, 0) is 31.2 Å². The molecule has 1 heterocycles. The average molecular weight is 307 g/mol. The van der Waals surface area contributed by atoms with E-state index in [4.69, 9.17) is 10.5 Å². The van der Waals surface area contributed by atoms with Gasteiger partial charge in [-0.15, -0.1) is 0 Å². The number of hydrogen-bond donors (Lipinski definition) is 1. The number of amides is 1. The van der Waals surface area contributed by atoms with Crippen LogP contribution in [0.2, 0.25) is 0 Å². The lowest BCUT2D eigenvalue weighted by Crippen LogP contribution is -2.30. The highest BCUT2D eigenvalue weighted by Gasteiger charge is 2.10. The van der Waals surface area contributed by atoms with Gasteiger partial charge in [-0.2, -0.15) is 0 Å². The molecule has 0 radical (unpaired) electrons. The number of rotatable bonds is 5. The van der Waals surface area contributed by atoms with Crippen LogP contribution in [0, 0.1) is 0 Å². The Morgan fingerprint density at radius 2 is 1.83 bits per heavy atom. The molecule has 0 saturated carbocycles. The Morgan fingerprint density at radius 1 is 1.13 bits per heavy atom. The van der Waals surface area contributed by atoms with Gasteiger partial charge in [-0.3, -0.25) is 4.79 Å². The van der Waals surface area contributed by atoms with Crippen LogP contribution in [-0.2, 0) is 4.79 Å². The molecule has 0 spiro atoms. The first kappa shape index (κ1) is 14.8. The van der Waals surface area contributed by atoms with Crippen molar-refractivity contribution < 1.29 is 9.53 Å². The van der Waals surface area contributed by atoms with E-state index in [0.717, 1.165) is 16.9 Å². The van der Waals surface area contributed by atoms with Crippen LogP contribution in [0.25, 0.3) is 16.9 Å². The van der Waals surface area contributed by atoms with Gasteiger partial charge >= 0.3 is 0 Å². The Labute approximate surface area is 134 Å². The van der Waals surface area contributed by atoms with Gasteiger partial charge in [0.2, 0.25) is 0 Å². The summed E-state index contributed by atoms with van der Waals surface area (Å²) in [6.07, 6.45) is 3.08. The molecule has 5 nitrogen and oxygen atoms in total. The number of primary amides is 1. The summed E-state index contributed by atoms with van der Waals surface area (Å²) in [5.41, 5.74) is 8.12. The minimum atomic E-state index is -0.654. The zero-order chi connectivity index (χ0) is 16.2. The normalized spacial score (nSPS) is 11.9. The molecule has 0 unspecified atom stereocenters. The fourth-order valence-corrected chi connectivity index (χ4v) is 2.18. The highest BCUT2D eigenvalue weighted by molar-refractivity contribution is 5.78. The predicted octanol–water partition coefficient (Wildman–Crippen LogP) is 2.79. The third-order valence-electron chi connectivity index (χ3n) is 3.50. The maximum Gasteiger partial charge on any atom is 0.258 e. The summed E-state index contributed by atoms with van der Waals surface area (Å²) >= 11 is 0. The van der Waals surface area contributed by atoms with Gasteiger partial charge in [0.15, 0.2) is 6.10 Å². The summed E-state index contributed by atoms with van der Waals surface area (Å²) < 4.78 is 7.38. The van der Waals surface area contributed by atoms with Crippen LogP contribution in [0.3, 0.4) is 0 Å². The fraction of sp³-hybridized carbons (Fsp3) is 0.111. The van der Waals surface area contributed by atoms with Crippen LogP contribution in [0.15, 0.2) is 67.1 Å². The van der Waals surface area contributed by atoms with Crippen molar-refractivity contribution in [1.29, 1.82) is 0 Å². The molecule has 0 bridgehead atoms. The number of carbonyl (C=O) groups excluding carboxylic acids is 1. The molecule has 5 heteroatoms. The van der Waals surface area contributed by atoms with Gasteiger partial charge in [0.25, 0.3) is 5.91 Å². The maximum atomic E-state index is 11.0. The summed E-state index contributed by atoms with van der Waals surface area (Å²) in [5.74, 6) is 0.111. The number of nitrogens with zero attached hydrogens (tertiary/aromatic N) is 2. The van der Waals surface area contributed by atoms with Crippen molar-refractivity contribution in [3.8, 4) is 22.7 Å². The SMILES string of the molecule is C[C@@H](Oc1ccc(-n2cnc(-c3ccccc3)c2)cc1)C(N)=O. The fourth-order valence-electron chi connectivity index (χ4n) is 2.18. The van der Waals surface area contributed by atoms with Gasteiger partial charge < -0.3 is 15.0 Å². The maximum absolute atomic E-state index is 11.0. The lowest BCUT2D eigenvalue weighted by Gasteiger charge is -2.11. The smallest absolute Gasteiger partial charge is 0.258 e. The van der Waals surface area contributed by atoms with Crippen molar-refractivity contribution >= 4 is 5.91 Å². The first-order valence-corrected chi connectivity index (χ1v) is 7.29. The summed E-state index contributed by atoms with van der Waals surface area (Å²) in [5, 5.41) is 0. The van der Waals surface area contributed by atoms with Gasteiger partial charge in [-0.25, -0.2) is 4.98 Å². The first-order valence-electron chi connectivity index (χ1n) is 7.29. The van der Waals surface area contributed by atoms with Gasteiger partial charge in [0.05, 0.1) is 12.0 Å². The van der Waals surface area contributed by atoms with Crippen molar-refractivity contribution in [3.63, 3.8) is 0 Å². The minimum absolute atomic E-state index is 0.490. The second kappa shape index (κ2) is 6.36. The van der Waals surface area contributed by atoms with Gasteiger partial charge in [0, 0.05) is 17.4 Å². The van der Waals surface area contributed by atoms with Gasteiger partial charge in [0.1, 0.15) is 5.75 Å². The topological polar surface area (TPSA) is 70.1 Å². The van der Waals surface area contributed by atoms with Crippen LogP contribution < -0.4 is 10.5 Å². The molecule has 23 heavy (non-hydrogen) atoms. The molecule has 0 aliphatic heterocycles. The molecule has 1 amide bonds. The molecule has 3 aromatic rings.